The predicted octanol–water partition coefficient (Wildman–Crippen LogP) is 1.46. The van der Waals surface area contributed by atoms with Crippen molar-refractivity contribution in [1.29, 1.82) is 0 Å². The van der Waals surface area contributed by atoms with Crippen LogP contribution in [-0.2, 0) is 5.60 Å². The summed E-state index contributed by atoms with van der Waals surface area (Å²) >= 11 is 0. The summed E-state index contributed by atoms with van der Waals surface area (Å²) < 4.78 is 10.1. The molecule has 0 radical (unpaired) electrons. The number of rotatable bonds is 4. The molecule has 2 rings (SSSR count). The van der Waals surface area contributed by atoms with Gasteiger partial charge in [0.1, 0.15) is 17.0 Å². The van der Waals surface area contributed by atoms with Crippen molar-refractivity contribution in [3.63, 3.8) is 0 Å². The summed E-state index contributed by atoms with van der Waals surface area (Å²) in [5.41, 5.74) is -0.572. The summed E-state index contributed by atoms with van der Waals surface area (Å²) in [6, 6.07) is 6.21. The Balaban J connectivity index is 2.50. The number of aromatic hydroxyl groups is 1. The van der Waals surface area contributed by atoms with Gasteiger partial charge in [-0.1, -0.05) is 12.1 Å². The third-order valence-corrected chi connectivity index (χ3v) is 3.01. The summed E-state index contributed by atoms with van der Waals surface area (Å²) in [4.78, 5) is 8.27. The molecule has 20 heavy (non-hydrogen) atoms. The minimum absolute atomic E-state index is 0.123. The number of phenols is 1. The van der Waals surface area contributed by atoms with Crippen molar-refractivity contribution < 1.29 is 19.7 Å². The minimum atomic E-state index is -1.40. The first-order valence-electron chi connectivity index (χ1n) is 5.96. The molecule has 0 aliphatic heterocycles. The van der Waals surface area contributed by atoms with Crippen molar-refractivity contribution in [1.82, 2.24) is 9.97 Å². The molecule has 0 bridgehead atoms. The fourth-order valence-electron chi connectivity index (χ4n) is 1.85. The topological polar surface area (TPSA) is 84.7 Å². The Morgan fingerprint density at radius 1 is 1.10 bits per heavy atom. The van der Waals surface area contributed by atoms with Gasteiger partial charge in [0.2, 0.25) is 11.8 Å². The van der Waals surface area contributed by atoms with Crippen molar-refractivity contribution in [2.45, 2.75) is 12.5 Å². The zero-order valence-corrected chi connectivity index (χ0v) is 11.5. The van der Waals surface area contributed by atoms with Crippen molar-refractivity contribution >= 4 is 0 Å². The molecule has 1 aromatic heterocycles. The van der Waals surface area contributed by atoms with Crippen LogP contribution in [0.25, 0.3) is 0 Å². The van der Waals surface area contributed by atoms with Crippen molar-refractivity contribution in [3.05, 3.63) is 41.7 Å². The highest BCUT2D eigenvalue weighted by Gasteiger charge is 2.32. The number of aliphatic hydroxyl groups is 1. The van der Waals surface area contributed by atoms with E-state index in [1.807, 2.05) is 0 Å². The second kappa shape index (κ2) is 5.34. The van der Waals surface area contributed by atoms with Gasteiger partial charge in [0, 0.05) is 0 Å². The molecular weight excluding hydrogens is 260 g/mol. The largest absolute Gasteiger partial charge is 0.508 e. The second-order valence-corrected chi connectivity index (χ2v) is 4.39. The maximum absolute atomic E-state index is 10.7. The van der Waals surface area contributed by atoms with E-state index < -0.39 is 5.60 Å². The van der Waals surface area contributed by atoms with Gasteiger partial charge in [0.15, 0.2) is 0 Å². The van der Waals surface area contributed by atoms with E-state index in [0.29, 0.717) is 11.4 Å². The van der Waals surface area contributed by atoms with Crippen molar-refractivity contribution in [2.24, 2.45) is 0 Å². The van der Waals surface area contributed by atoms with Crippen LogP contribution in [0.4, 0.5) is 0 Å². The molecule has 0 saturated carbocycles. The van der Waals surface area contributed by atoms with Crippen LogP contribution >= 0.6 is 0 Å². The maximum Gasteiger partial charge on any atom is 0.242 e. The fraction of sp³-hybridized carbons (Fsp3) is 0.286. The van der Waals surface area contributed by atoms with E-state index in [2.05, 4.69) is 9.97 Å². The zero-order valence-electron chi connectivity index (χ0n) is 11.5. The van der Waals surface area contributed by atoms with E-state index in [-0.39, 0.29) is 17.3 Å². The van der Waals surface area contributed by atoms with Gasteiger partial charge < -0.3 is 19.7 Å². The molecular formula is C14H16N2O4. The monoisotopic (exact) mass is 276 g/mol. The summed E-state index contributed by atoms with van der Waals surface area (Å²) in [5, 5.41) is 20.0. The van der Waals surface area contributed by atoms with Gasteiger partial charge in [-0.25, -0.2) is 4.98 Å². The number of hydrogen-bond acceptors (Lipinski definition) is 6. The molecule has 0 spiro atoms. The summed E-state index contributed by atoms with van der Waals surface area (Å²) in [7, 11) is 2.92. The molecule has 1 unspecified atom stereocenters. The molecule has 6 heteroatoms. The van der Waals surface area contributed by atoms with Gasteiger partial charge in [0.25, 0.3) is 0 Å². The minimum Gasteiger partial charge on any atom is -0.508 e. The molecule has 0 aliphatic rings. The quantitative estimate of drug-likeness (QED) is 0.879. The number of aromatic nitrogens is 2. The average Bonchev–Trinajstić information content (AvgIpc) is 2.46. The highest BCUT2D eigenvalue weighted by Crippen LogP contribution is 2.34. The molecule has 0 amide bonds. The maximum atomic E-state index is 10.7. The number of ether oxygens (including phenoxy) is 2. The molecule has 0 saturated heterocycles. The van der Waals surface area contributed by atoms with Crippen LogP contribution in [0.5, 0.6) is 17.5 Å². The normalized spacial score (nSPS) is 13.6. The van der Waals surface area contributed by atoms with Crippen LogP contribution in [0, 0.1) is 0 Å². The molecule has 0 fully saturated rings. The summed E-state index contributed by atoms with van der Waals surface area (Å²) in [6.45, 7) is 1.58. The van der Waals surface area contributed by atoms with Gasteiger partial charge in [0.05, 0.1) is 20.4 Å². The SMILES string of the molecule is COc1cnc(C(C)(O)c2ccc(O)cc2)c(OC)n1. The Hall–Kier alpha value is -2.34. The summed E-state index contributed by atoms with van der Waals surface area (Å²) in [5.74, 6) is 0.604. The van der Waals surface area contributed by atoms with E-state index in [9.17, 15) is 10.2 Å². The van der Waals surface area contributed by atoms with Crippen LogP contribution in [0.15, 0.2) is 30.5 Å². The van der Waals surface area contributed by atoms with E-state index in [4.69, 9.17) is 9.47 Å². The number of benzene rings is 1. The van der Waals surface area contributed by atoms with Crippen LogP contribution in [0.2, 0.25) is 0 Å². The van der Waals surface area contributed by atoms with Crippen LogP contribution in [0.3, 0.4) is 0 Å². The highest BCUT2D eigenvalue weighted by molar-refractivity contribution is 5.39. The zero-order chi connectivity index (χ0) is 14.8. The molecule has 2 N–H and O–H groups in total. The molecule has 6 nitrogen and oxygen atoms in total. The van der Waals surface area contributed by atoms with Gasteiger partial charge in [-0.3, -0.25) is 0 Å². The second-order valence-electron chi connectivity index (χ2n) is 4.39. The summed E-state index contributed by atoms with van der Waals surface area (Å²) in [6.07, 6.45) is 1.41. The lowest BCUT2D eigenvalue weighted by Crippen LogP contribution is -2.25. The van der Waals surface area contributed by atoms with Gasteiger partial charge >= 0.3 is 0 Å². The lowest BCUT2D eigenvalue weighted by molar-refractivity contribution is 0.0926. The Kier molecular flexibility index (Phi) is 3.76. The van der Waals surface area contributed by atoms with E-state index in [1.54, 1.807) is 19.1 Å². The van der Waals surface area contributed by atoms with Crippen LogP contribution < -0.4 is 9.47 Å². The highest BCUT2D eigenvalue weighted by atomic mass is 16.5. The molecule has 106 valence electrons. The Labute approximate surface area is 116 Å². The molecule has 0 aliphatic carbocycles. The van der Waals surface area contributed by atoms with Gasteiger partial charge in [-0.15, -0.1) is 0 Å². The lowest BCUT2D eigenvalue weighted by Gasteiger charge is -2.24. The average molecular weight is 276 g/mol. The van der Waals surface area contributed by atoms with Crippen LogP contribution in [0.1, 0.15) is 18.2 Å². The van der Waals surface area contributed by atoms with Crippen LogP contribution in [-0.4, -0.2) is 34.4 Å². The Morgan fingerprint density at radius 2 is 1.75 bits per heavy atom. The third kappa shape index (κ3) is 2.50. The molecule has 1 aromatic carbocycles. The number of phenolic OH excluding ortho intramolecular Hbond substituents is 1. The molecule has 1 heterocycles. The first kappa shape index (κ1) is 14.1. The fourth-order valence-corrected chi connectivity index (χ4v) is 1.85. The number of hydrogen-bond donors (Lipinski definition) is 2. The van der Waals surface area contributed by atoms with E-state index in [1.165, 1.54) is 32.5 Å². The standard InChI is InChI=1S/C14H16N2O4/c1-14(18,9-4-6-10(17)7-5-9)12-13(20-3)16-11(19-2)8-15-12/h4-8,17-18H,1-3H3. The molecule has 2 aromatic rings. The first-order valence-corrected chi connectivity index (χ1v) is 5.96. The van der Waals surface area contributed by atoms with Crippen molar-refractivity contribution in [3.8, 4) is 17.5 Å². The van der Waals surface area contributed by atoms with Crippen molar-refractivity contribution in [2.75, 3.05) is 14.2 Å². The predicted molar refractivity (Wildman–Crippen MR) is 71.9 cm³/mol. The third-order valence-electron chi connectivity index (χ3n) is 3.01. The lowest BCUT2D eigenvalue weighted by atomic mass is 9.92. The van der Waals surface area contributed by atoms with E-state index >= 15 is 0 Å². The number of nitrogens with zero attached hydrogens (tertiary/aromatic N) is 2. The number of methoxy groups -OCH3 is 2. The molecule has 1 atom stereocenters. The van der Waals surface area contributed by atoms with E-state index in [0.717, 1.165) is 0 Å². The Morgan fingerprint density at radius 3 is 2.30 bits per heavy atom. The van der Waals surface area contributed by atoms with Gasteiger partial charge in [-0.2, -0.15) is 4.98 Å². The first-order chi connectivity index (χ1) is 9.48. The smallest absolute Gasteiger partial charge is 0.242 e. The Bertz CT molecular complexity index is 597. The van der Waals surface area contributed by atoms with Gasteiger partial charge in [-0.05, 0) is 24.6 Å².